The number of piperidine rings is 1. The van der Waals surface area contributed by atoms with E-state index >= 15 is 0 Å². The predicted octanol–water partition coefficient (Wildman–Crippen LogP) is 4.41. The van der Waals surface area contributed by atoms with Gasteiger partial charge in [-0.3, -0.25) is 14.6 Å². The minimum Gasteiger partial charge on any atom is -0.338 e. The van der Waals surface area contributed by atoms with Crippen LogP contribution < -0.4 is 0 Å². The highest BCUT2D eigenvalue weighted by atomic mass is 32.1. The summed E-state index contributed by atoms with van der Waals surface area (Å²) in [6.07, 6.45) is 5.13. The van der Waals surface area contributed by atoms with Crippen LogP contribution in [-0.2, 0) is 11.3 Å². The summed E-state index contributed by atoms with van der Waals surface area (Å²) in [4.78, 5) is 39.7. The Morgan fingerprint density at radius 2 is 2.00 bits per heavy atom. The lowest BCUT2D eigenvalue weighted by Crippen LogP contribution is -2.46. The van der Waals surface area contributed by atoms with Gasteiger partial charge in [0.1, 0.15) is 9.88 Å². The zero-order valence-electron chi connectivity index (χ0n) is 18.5. The molecule has 166 valence electrons. The molecule has 1 fully saturated rings. The monoisotopic (exact) mass is 448 g/mol. The third-order valence-corrected chi connectivity index (χ3v) is 7.06. The first-order chi connectivity index (χ1) is 15.6. The van der Waals surface area contributed by atoms with Crippen molar-refractivity contribution in [3.8, 4) is 10.6 Å². The van der Waals surface area contributed by atoms with Crippen molar-refractivity contribution in [3.63, 3.8) is 0 Å². The Labute approximate surface area is 192 Å². The van der Waals surface area contributed by atoms with Crippen LogP contribution in [0.2, 0.25) is 0 Å². The molecule has 1 aliphatic heterocycles. The van der Waals surface area contributed by atoms with Gasteiger partial charge in [-0.15, -0.1) is 11.3 Å². The first kappa shape index (κ1) is 22.1. The van der Waals surface area contributed by atoms with Crippen LogP contribution in [0.4, 0.5) is 0 Å². The fourth-order valence-corrected chi connectivity index (χ4v) is 5.15. The molecular weight excluding hydrogens is 420 g/mol. The van der Waals surface area contributed by atoms with Crippen LogP contribution in [0.15, 0.2) is 54.9 Å². The maximum Gasteiger partial charge on any atom is 0.265 e. The van der Waals surface area contributed by atoms with Gasteiger partial charge in [-0.05, 0) is 44.4 Å². The highest BCUT2D eigenvalue weighted by Crippen LogP contribution is 2.30. The summed E-state index contributed by atoms with van der Waals surface area (Å²) in [6.45, 7) is 6.27. The van der Waals surface area contributed by atoms with Gasteiger partial charge in [-0.1, -0.05) is 30.3 Å². The number of amides is 2. The standard InChI is InChI=1S/C25H28N4O2S/c1-3-28(16-19-9-5-4-6-10-19)24(30)21-12-8-14-29(17-21)25(31)22-18(2)27-23(32-22)20-11-7-13-26-15-20/h4-7,9-11,13,15,21H,3,8,12,14,16-17H2,1-2H3. The van der Waals surface area contributed by atoms with Crippen LogP contribution in [0.3, 0.4) is 0 Å². The van der Waals surface area contributed by atoms with Crippen molar-refractivity contribution in [1.29, 1.82) is 0 Å². The zero-order valence-corrected chi connectivity index (χ0v) is 19.3. The Morgan fingerprint density at radius 3 is 2.72 bits per heavy atom. The molecular formula is C25H28N4O2S. The van der Waals surface area contributed by atoms with Gasteiger partial charge in [-0.2, -0.15) is 0 Å². The van der Waals surface area contributed by atoms with Crippen molar-refractivity contribution in [3.05, 3.63) is 71.0 Å². The lowest BCUT2D eigenvalue weighted by atomic mass is 9.96. The van der Waals surface area contributed by atoms with Gasteiger partial charge in [0.25, 0.3) is 5.91 Å². The Hall–Kier alpha value is -3.06. The van der Waals surface area contributed by atoms with E-state index in [1.165, 1.54) is 11.3 Å². The highest BCUT2D eigenvalue weighted by molar-refractivity contribution is 7.17. The molecule has 0 saturated carbocycles. The van der Waals surface area contributed by atoms with E-state index in [2.05, 4.69) is 9.97 Å². The van der Waals surface area contributed by atoms with Gasteiger partial charge in [-0.25, -0.2) is 4.98 Å². The molecule has 3 heterocycles. The summed E-state index contributed by atoms with van der Waals surface area (Å²) >= 11 is 1.40. The summed E-state index contributed by atoms with van der Waals surface area (Å²) in [5.41, 5.74) is 2.76. The average Bonchev–Trinajstić information content (AvgIpc) is 3.24. The Morgan fingerprint density at radius 1 is 1.19 bits per heavy atom. The van der Waals surface area contributed by atoms with Crippen LogP contribution in [0.5, 0.6) is 0 Å². The van der Waals surface area contributed by atoms with E-state index in [4.69, 9.17) is 0 Å². The molecule has 2 amide bonds. The van der Waals surface area contributed by atoms with Gasteiger partial charge < -0.3 is 9.80 Å². The number of aromatic nitrogens is 2. The quantitative estimate of drug-likeness (QED) is 0.560. The second-order valence-electron chi connectivity index (χ2n) is 8.10. The van der Waals surface area contributed by atoms with Crippen molar-refractivity contribution in [2.24, 2.45) is 5.92 Å². The van der Waals surface area contributed by atoms with Crippen LogP contribution in [0.1, 0.15) is 40.7 Å². The molecule has 0 spiro atoms. The third-order valence-electron chi connectivity index (χ3n) is 5.87. The van der Waals surface area contributed by atoms with E-state index in [-0.39, 0.29) is 17.7 Å². The minimum absolute atomic E-state index is 0.0289. The maximum absolute atomic E-state index is 13.3. The molecule has 1 saturated heterocycles. The normalized spacial score (nSPS) is 16.1. The van der Waals surface area contributed by atoms with E-state index in [1.807, 2.05) is 66.1 Å². The minimum atomic E-state index is -0.164. The molecule has 4 rings (SSSR count). The summed E-state index contributed by atoms with van der Waals surface area (Å²) in [5, 5.41) is 0.795. The average molecular weight is 449 g/mol. The van der Waals surface area contributed by atoms with Gasteiger partial charge in [0.2, 0.25) is 5.91 Å². The van der Waals surface area contributed by atoms with Gasteiger partial charge in [0, 0.05) is 44.1 Å². The van der Waals surface area contributed by atoms with Crippen LogP contribution in [0.25, 0.3) is 10.6 Å². The molecule has 6 nitrogen and oxygen atoms in total. The number of carbonyl (C=O) groups is 2. The van der Waals surface area contributed by atoms with E-state index in [0.717, 1.165) is 34.7 Å². The van der Waals surface area contributed by atoms with Crippen molar-refractivity contribution >= 4 is 23.2 Å². The molecule has 0 radical (unpaired) electrons. The number of rotatable bonds is 6. The molecule has 0 bridgehead atoms. The topological polar surface area (TPSA) is 66.4 Å². The SMILES string of the molecule is CCN(Cc1ccccc1)C(=O)C1CCCN(C(=O)c2sc(-c3cccnc3)nc2C)C1. The summed E-state index contributed by atoms with van der Waals surface area (Å²) < 4.78 is 0. The Kier molecular flexibility index (Phi) is 6.95. The molecule has 1 unspecified atom stereocenters. The predicted molar refractivity (Wildman–Crippen MR) is 126 cm³/mol. The maximum atomic E-state index is 13.3. The number of thiazole rings is 1. The summed E-state index contributed by atoms with van der Waals surface area (Å²) in [7, 11) is 0. The first-order valence-electron chi connectivity index (χ1n) is 11.1. The molecule has 32 heavy (non-hydrogen) atoms. The van der Waals surface area contributed by atoms with E-state index in [9.17, 15) is 9.59 Å². The van der Waals surface area contributed by atoms with E-state index in [1.54, 1.807) is 12.4 Å². The molecule has 1 atom stereocenters. The number of hydrogen-bond acceptors (Lipinski definition) is 5. The molecule has 3 aromatic rings. The summed E-state index contributed by atoms with van der Waals surface area (Å²) in [5.74, 6) is -0.0629. The molecule has 1 aromatic carbocycles. The number of hydrogen-bond donors (Lipinski definition) is 0. The van der Waals surface area contributed by atoms with E-state index < -0.39 is 0 Å². The third kappa shape index (κ3) is 4.88. The van der Waals surface area contributed by atoms with Gasteiger partial charge in [0.05, 0.1) is 11.6 Å². The fourth-order valence-electron chi connectivity index (χ4n) is 4.12. The fraction of sp³-hybridized carbons (Fsp3) is 0.360. The number of aryl methyl sites for hydroxylation is 1. The van der Waals surface area contributed by atoms with Crippen molar-refractivity contribution in [1.82, 2.24) is 19.8 Å². The Balaban J connectivity index is 1.46. The van der Waals surface area contributed by atoms with Crippen LogP contribution in [-0.4, -0.2) is 51.2 Å². The van der Waals surface area contributed by atoms with Crippen molar-refractivity contribution < 1.29 is 9.59 Å². The lowest BCUT2D eigenvalue weighted by molar-refractivity contribution is -0.137. The molecule has 0 N–H and O–H groups in total. The number of benzene rings is 1. The van der Waals surface area contributed by atoms with Gasteiger partial charge in [0.15, 0.2) is 0 Å². The second kappa shape index (κ2) is 10.0. The molecule has 7 heteroatoms. The smallest absolute Gasteiger partial charge is 0.265 e. The zero-order chi connectivity index (χ0) is 22.5. The second-order valence-corrected chi connectivity index (χ2v) is 9.10. The molecule has 0 aliphatic carbocycles. The van der Waals surface area contributed by atoms with E-state index in [0.29, 0.717) is 31.1 Å². The first-order valence-corrected chi connectivity index (χ1v) is 11.9. The van der Waals surface area contributed by atoms with Crippen LogP contribution in [0, 0.1) is 12.8 Å². The summed E-state index contributed by atoms with van der Waals surface area (Å²) in [6, 6.07) is 13.9. The number of likely N-dealkylation sites (tertiary alicyclic amines) is 1. The largest absolute Gasteiger partial charge is 0.338 e. The number of pyridine rings is 1. The highest BCUT2D eigenvalue weighted by Gasteiger charge is 2.32. The number of nitrogens with zero attached hydrogens (tertiary/aromatic N) is 4. The Bertz CT molecular complexity index is 1070. The molecule has 2 aromatic heterocycles. The van der Waals surface area contributed by atoms with Crippen molar-refractivity contribution in [2.45, 2.75) is 33.2 Å². The molecule has 1 aliphatic rings. The van der Waals surface area contributed by atoms with Crippen LogP contribution >= 0.6 is 11.3 Å². The number of carbonyl (C=O) groups excluding carboxylic acids is 2. The van der Waals surface area contributed by atoms with Crippen molar-refractivity contribution in [2.75, 3.05) is 19.6 Å². The van der Waals surface area contributed by atoms with Gasteiger partial charge >= 0.3 is 0 Å². The lowest BCUT2D eigenvalue weighted by Gasteiger charge is -2.34.